The molecule has 2 aromatic rings. The van der Waals surface area contributed by atoms with Gasteiger partial charge >= 0.3 is 5.97 Å². The number of hydrogen-bond donors (Lipinski definition) is 1. The van der Waals surface area contributed by atoms with Gasteiger partial charge in [-0.15, -0.1) is 23.1 Å². The second-order valence-electron chi connectivity index (χ2n) is 3.51. The van der Waals surface area contributed by atoms with Gasteiger partial charge in [0, 0.05) is 21.7 Å². The number of aromatic nitrogens is 1. The van der Waals surface area contributed by atoms with Gasteiger partial charge in [-0.05, 0) is 25.1 Å². The minimum absolute atomic E-state index is 0.379. The summed E-state index contributed by atoms with van der Waals surface area (Å²) in [5.41, 5.74) is 2.01. The Morgan fingerprint density at radius 2 is 2.35 bits per heavy atom. The van der Waals surface area contributed by atoms with Crippen molar-refractivity contribution in [2.75, 3.05) is 0 Å². The van der Waals surface area contributed by atoms with Gasteiger partial charge in [0.15, 0.2) is 0 Å². The largest absolute Gasteiger partial charge is 0.477 e. The number of carboxylic acid groups (broad SMARTS) is 1. The molecule has 1 N–H and O–H groups in total. The lowest BCUT2D eigenvalue weighted by Gasteiger charge is -1.99. The molecule has 88 valence electrons. The van der Waals surface area contributed by atoms with Crippen LogP contribution in [0.3, 0.4) is 0 Å². The minimum Gasteiger partial charge on any atom is -0.477 e. The number of rotatable bonds is 4. The van der Waals surface area contributed by atoms with E-state index in [0.717, 1.165) is 22.0 Å². The van der Waals surface area contributed by atoms with E-state index in [2.05, 4.69) is 4.98 Å². The molecule has 0 aliphatic rings. The number of carbonyl (C=O) groups is 1. The van der Waals surface area contributed by atoms with Crippen LogP contribution in [0.4, 0.5) is 0 Å². The molecule has 2 rings (SSSR count). The van der Waals surface area contributed by atoms with Gasteiger partial charge < -0.3 is 5.11 Å². The van der Waals surface area contributed by atoms with Crippen molar-refractivity contribution in [1.82, 2.24) is 4.98 Å². The molecule has 2 aromatic heterocycles. The second-order valence-corrected chi connectivity index (χ2v) is 5.47. The van der Waals surface area contributed by atoms with E-state index < -0.39 is 5.97 Å². The highest BCUT2D eigenvalue weighted by atomic mass is 32.2. The van der Waals surface area contributed by atoms with Gasteiger partial charge in [0.05, 0.1) is 5.69 Å². The molecule has 3 nitrogen and oxygen atoms in total. The predicted molar refractivity (Wildman–Crippen MR) is 69.8 cm³/mol. The Balaban J connectivity index is 2.00. The molecule has 0 bridgehead atoms. The molecule has 0 spiro atoms. The van der Waals surface area contributed by atoms with Crippen LogP contribution in [0.25, 0.3) is 0 Å². The number of pyridine rings is 1. The van der Waals surface area contributed by atoms with Crippen LogP contribution >= 0.6 is 23.1 Å². The molecule has 5 heteroatoms. The maximum Gasteiger partial charge on any atom is 0.345 e. The molecule has 0 aromatic carbocycles. The van der Waals surface area contributed by atoms with Crippen LogP contribution in [-0.2, 0) is 5.75 Å². The Labute approximate surface area is 108 Å². The molecule has 2 heterocycles. The van der Waals surface area contributed by atoms with Crippen molar-refractivity contribution >= 4 is 29.1 Å². The zero-order valence-corrected chi connectivity index (χ0v) is 10.8. The molecule has 0 aliphatic carbocycles. The summed E-state index contributed by atoms with van der Waals surface area (Å²) in [5.74, 6) is -0.104. The first-order valence-corrected chi connectivity index (χ1v) is 6.89. The number of thioether (sulfide) groups is 1. The number of aryl methyl sites for hydroxylation is 1. The average molecular weight is 265 g/mol. The van der Waals surface area contributed by atoms with E-state index >= 15 is 0 Å². The summed E-state index contributed by atoms with van der Waals surface area (Å²) in [6, 6.07) is 7.62. The highest BCUT2D eigenvalue weighted by molar-refractivity contribution is 7.98. The van der Waals surface area contributed by atoms with Gasteiger partial charge in [0.25, 0.3) is 0 Å². The highest BCUT2D eigenvalue weighted by Crippen LogP contribution is 2.27. The van der Waals surface area contributed by atoms with Gasteiger partial charge in [-0.2, -0.15) is 0 Å². The quantitative estimate of drug-likeness (QED) is 0.860. The lowest BCUT2D eigenvalue weighted by atomic mass is 10.3. The predicted octanol–water partition coefficient (Wildman–Crippen LogP) is 3.44. The van der Waals surface area contributed by atoms with Crippen LogP contribution in [0, 0.1) is 6.92 Å². The summed E-state index contributed by atoms with van der Waals surface area (Å²) in [6.07, 6.45) is 0. The zero-order valence-electron chi connectivity index (χ0n) is 9.21. The second kappa shape index (κ2) is 5.33. The average Bonchev–Trinajstić information content (AvgIpc) is 2.75. The number of nitrogens with zero attached hydrogens (tertiary/aromatic N) is 1. The molecule has 0 saturated heterocycles. The number of thiophene rings is 1. The zero-order chi connectivity index (χ0) is 12.3. The smallest absolute Gasteiger partial charge is 0.345 e. The van der Waals surface area contributed by atoms with E-state index in [4.69, 9.17) is 5.11 Å². The van der Waals surface area contributed by atoms with Gasteiger partial charge in [0.1, 0.15) is 4.88 Å². The summed E-state index contributed by atoms with van der Waals surface area (Å²) in [6.45, 7) is 1.96. The normalized spacial score (nSPS) is 10.4. The molecule has 0 saturated carbocycles. The summed E-state index contributed by atoms with van der Waals surface area (Å²) >= 11 is 2.86. The molecule has 0 aliphatic heterocycles. The Hall–Kier alpha value is -1.33. The summed E-state index contributed by atoms with van der Waals surface area (Å²) in [4.78, 5) is 16.5. The van der Waals surface area contributed by atoms with Crippen molar-refractivity contribution in [2.24, 2.45) is 0 Å². The number of hydrogen-bond acceptors (Lipinski definition) is 4. The topological polar surface area (TPSA) is 50.2 Å². The third-order valence-corrected chi connectivity index (χ3v) is 4.20. The molecular formula is C12H11NO2S2. The van der Waals surface area contributed by atoms with Crippen molar-refractivity contribution in [3.8, 4) is 0 Å². The third kappa shape index (κ3) is 3.31. The van der Waals surface area contributed by atoms with Crippen LogP contribution in [0.15, 0.2) is 34.5 Å². The van der Waals surface area contributed by atoms with E-state index in [1.807, 2.05) is 30.5 Å². The Morgan fingerprint density at radius 3 is 3.00 bits per heavy atom. The van der Waals surface area contributed by atoms with Crippen molar-refractivity contribution in [2.45, 2.75) is 17.6 Å². The molecule has 17 heavy (non-hydrogen) atoms. The maximum absolute atomic E-state index is 10.7. The third-order valence-electron chi connectivity index (χ3n) is 2.12. The number of carboxylic acids is 1. The van der Waals surface area contributed by atoms with Crippen LogP contribution in [0.1, 0.15) is 21.1 Å². The summed E-state index contributed by atoms with van der Waals surface area (Å²) in [5, 5.41) is 10.7. The van der Waals surface area contributed by atoms with E-state index in [1.165, 1.54) is 11.3 Å². The molecule has 0 atom stereocenters. The van der Waals surface area contributed by atoms with Gasteiger partial charge in [-0.1, -0.05) is 6.07 Å². The van der Waals surface area contributed by atoms with Crippen LogP contribution in [0.5, 0.6) is 0 Å². The number of aromatic carboxylic acids is 1. The first-order valence-electron chi connectivity index (χ1n) is 5.02. The maximum atomic E-state index is 10.7. The first kappa shape index (κ1) is 12.1. The first-order chi connectivity index (χ1) is 8.15. The van der Waals surface area contributed by atoms with E-state index in [1.54, 1.807) is 17.8 Å². The Kier molecular flexibility index (Phi) is 3.81. The fraction of sp³-hybridized carbons (Fsp3) is 0.167. The van der Waals surface area contributed by atoms with Crippen molar-refractivity contribution in [3.63, 3.8) is 0 Å². The standard InChI is InChI=1S/C12H11NO2S2/c1-8-3-2-4-9(13-8)6-16-10-5-11(12(14)15)17-7-10/h2-5,7H,6H2,1H3,(H,14,15). The van der Waals surface area contributed by atoms with E-state index in [-0.39, 0.29) is 0 Å². The Bertz CT molecular complexity index is 537. The minimum atomic E-state index is -0.865. The van der Waals surface area contributed by atoms with Gasteiger partial charge in [-0.25, -0.2) is 4.79 Å². The Morgan fingerprint density at radius 1 is 1.53 bits per heavy atom. The molecule has 0 fully saturated rings. The van der Waals surface area contributed by atoms with Crippen molar-refractivity contribution in [1.29, 1.82) is 0 Å². The van der Waals surface area contributed by atoms with Crippen molar-refractivity contribution in [3.05, 3.63) is 45.9 Å². The van der Waals surface area contributed by atoms with E-state index in [0.29, 0.717) is 4.88 Å². The van der Waals surface area contributed by atoms with Crippen LogP contribution < -0.4 is 0 Å². The van der Waals surface area contributed by atoms with Crippen LogP contribution in [-0.4, -0.2) is 16.1 Å². The fourth-order valence-corrected chi connectivity index (χ4v) is 3.12. The monoisotopic (exact) mass is 265 g/mol. The molecule has 0 radical (unpaired) electrons. The molecule has 0 amide bonds. The SMILES string of the molecule is Cc1cccc(CSc2csc(C(=O)O)c2)n1. The summed E-state index contributed by atoms with van der Waals surface area (Å²) in [7, 11) is 0. The van der Waals surface area contributed by atoms with Gasteiger partial charge in [-0.3, -0.25) is 4.98 Å². The van der Waals surface area contributed by atoms with E-state index in [9.17, 15) is 4.79 Å². The lowest BCUT2D eigenvalue weighted by Crippen LogP contribution is -1.90. The van der Waals surface area contributed by atoms with Crippen LogP contribution in [0.2, 0.25) is 0 Å². The fourth-order valence-electron chi connectivity index (χ4n) is 1.34. The summed E-state index contributed by atoms with van der Waals surface area (Å²) < 4.78 is 0. The molecular weight excluding hydrogens is 254 g/mol. The van der Waals surface area contributed by atoms with Gasteiger partial charge in [0.2, 0.25) is 0 Å². The van der Waals surface area contributed by atoms with Crippen molar-refractivity contribution < 1.29 is 9.90 Å². The molecule has 0 unspecified atom stereocenters. The highest BCUT2D eigenvalue weighted by Gasteiger charge is 2.07. The lowest BCUT2D eigenvalue weighted by molar-refractivity contribution is 0.0702.